The monoisotopic (exact) mass is 977 g/mol. The van der Waals surface area contributed by atoms with Crippen molar-refractivity contribution in [2.75, 3.05) is 61.0 Å². The molecule has 4 aromatic carbocycles. The standard InChI is InChI=1S/C59H96O9Si/c1-9-14-35-63-54-42-48-49-43-55(64-36-15-10-2)57(66-38-17-12-4)45-51(49)53-47-59(58(67-39-18-13-5)46-52(53)50(48)44-56(54)65-37-16-11-3)68-40-33-31-29-27-25-23-21-19-20-22-24-26-28-30-32-34-41-69(60-6,61-7)62-8/h42-47H,9-41H2,1-8H3. The molecular weight excluding hydrogens is 881 g/mol. The Kier molecular flexibility index (Phi) is 29.3. The summed E-state index contributed by atoms with van der Waals surface area (Å²) < 4.78 is 55.9. The Labute approximate surface area is 420 Å². The molecule has 0 N–H and O–H groups in total. The highest BCUT2D eigenvalue weighted by atomic mass is 28.4. The molecule has 390 valence electrons. The second-order valence-electron chi connectivity index (χ2n) is 19.1. The molecule has 10 heteroatoms. The molecule has 0 aliphatic rings. The molecule has 0 spiro atoms. The van der Waals surface area contributed by atoms with Crippen LogP contribution in [-0.2, 0) is 13.3 Å². The minimum atomic E-state index is -2.40. The smallest absolute Gasteiger partial charge is 0.490 e. The zero-order chi connectivity index (χ0) is 49.4. The molecule has 9 nitrogen and oxygen atoms in total. The van der Waals surface area contributed by atoms with E-state index in [9.17, 15) is 0 Å². The third-order valence-corrected chi connectivity index (χ3v) is 16.3. The first-order chi connectivity index (χ1) is 33.9. The molecule has 4 rings (SSSR count). The fraction of sp³-hybridized carbons (Fsp3) is 0.695. The highest BCUT2D eigenvalue weighted by Crippen LogP contribution is 2.47. The minimum absolute atomic E-state index is 0.640. The average Bonchev–Trinajstić information content (AvgIpc) is 3.36. The Morgan fingerprint density at radius 3 is 0.652 bits per heavy atom. The normalized spacial score (nSPS) is 11.8. The number of hydrogen-bond acceptors (Lipinski definition) is 9. The lowest BCUT2D eigenvalue weighted by Crippen LogP contribution is -2.42. The Morgan fingerprint density at radius 2 is 0.449 bits per heavy atom. The third kappa shape index (κ3) is 19.6. The molecule has 0 heterocycles. The van der Waals surface area contributed by atoms with Crippen LogP contribution in [0, 0.1) is 0 Å². The number of rotatable bonds is 43. The van der Waals surface area contributed by atoms with E-state index in [2.05, 4.69) is 71.0 Å². The summed E-state index contributed by atoms with van der Waals surface area (Å²) >= 11 is 0. The van der Waals surface area contributed by atoms with Crippen molar-refractivity contribution < 1.29 is 41.7 Å². The van der Waals surface area contributed by atoms with Crippen molar-refractivity contribution in [3.63, 3.8) is 0 Å². The first kappa shape index (κ1) is 58.1. The zero-order valence-corrected chi connectivity index (χ0v) is 46.0. The van der Waals surface area contributed by atoms with Gasteiger partial charge in [-0.25, -0.2) is 0 Å². The Bertz CT molecular complexity index is 1930. The third-order valence-electron chi connectivity index (χ3n) is 13.5. The van der Waals surface area contributed by atoms with Crippen LogP contribution in [0.1, 0.15) is 202 Å². The summed E-state index contributed by atoms with van der Waals surface area (Å²) in [5.74, 6) is 4.73. The summed E-state index contributed by atoms with van der Waals surface area (Å²) in [5.41, 5.74) is 0. The fourth-order valence-corrected chi connectivity index (χ4v) is 10.8. The largest absolute Gasteiger partial charge is 0.500 e. The summed E-state index contributed by atoms with van der Waals surface area (Å²) in [6, 6.07) is 14.1. The van der Waals surface area contributed by atoms with Crippen LogP contribution in [-0.4, -0.2) is 69.8 Å². The molecule has 0 fully saturated rings. The molecule has 0 aromatic heterocycles. The van der Waals surface area contributed by atoms with Gasteiger partial charge in [0.2, 0.25) is 0 Å². The van der Waals surface area contributed by atoms with Crippen molar-refractivity contribution in [1.29, 1.82) is 0 Å². The van der Waals surface area contributed by atoms with Crippen molar-refractivity contribution in [3.05, 3.63) is 36.4 Å². The second kappa shape index (κ2) is 34.8. The maximum atomic E-state index is 6.71. The number of fused-ring (bicyclic) bond motifs is 6. The molecule has 0 saturated heterocycles. The molecular formula is C59H96O9Si. The summed E-state index contributed by atoms with van der Waals surface area (Å²) in [7, 11) is 2.70. The molecule has 0 aliphatic heterocycles. The first-order valence-electron chi connectivity index (χ1n) is 27.9. The average molecular weight is 977 g/mol. The Hall–Kier alpha value is -3.44. The van der Waals surface area contributed by atoms with Gasteiger partial charge in [0.15, 0.2) is 34.5 Å². The maximum absolute atomic E-state index is 6.71. The van der Waals surface area contributed by atoms with Crippen molar-refractivity contribution >= 4 is 41.1 Å². The maximum Gasteiger partial charge on any atom is 0.500 e. The van der Waals surface area contributed by atoms with Crippen LogP contribution in [0.5, 0.6) is 34.5 Å². The van der Waals surface area contributed by atoms with Crippen molar-refractivity contribution in [2.45, 2.75) is 208 Å². The van der Waals surface area contributed by atoms with Crippen LogP contribution >= 0.6 is 0 Å². The van der Waals surface area contributed by atoms with E-state index in [1.807, 2.05) is 0 Å². The van der Waals surface area contributed by atoms with Crippen LogP contribution in [0.25, 0.3) is 32.3 Å². The van der Waals surface area contributed by atoms with Crippen molar-refractivity contribution in [3.8, 4) is 34.5 Å². The van der Waals surface area contributed by atoms with Crippen LogP contribution in [0.4, 0.5) is 0 Å². The van der Waals surface area contributed by atoms with Gasteiger partial charge in [0.05, 0.1) is 39.6 Å². The molecule has 0 aliphatic carbocycles. The lowest BCUT2D eigenvalue weighted by atomic mass is 9.93. The van der Waals surface area contributed by atoms with E-state index in [1.54, 1.807) is 21.3 Å². The molecule has 0 saturated carbocycles. The molecule has 0 atom stereocenters. The number of benzene rings is 4. The van der Waals surface area contributed by atoms with E-state index >= 15 is 0 Å². The van der Waals surface area contributed by atoms with Crippen LogP contribution in [0.2, 0.25) is 6.04 Å². The van der Waals surface area contributed by atoms with E-state index in [1.165, 1.54) is 89.9 Å². The zero-order valence-electron chi connectivity index (χ0n) is 45.0. The van der Waals surface area contributed by atoms with Crippen molar-refractivity contribution in [2.24, 2.45) is 0 Å². The SMILES string of the molecule is CCCCOc1cc2c3cc(OCCCC)c(OCCCC)cc3c3cc(OCCCCCCCCCCCCCCCCCC[Si](OC)(OC)OC)c(OCCCC)cc3c2cc1OCCCC. The Balaban J connectivity index is 1.43. The summed E-state index contributed by atoms with van der Waals surface area (Å²) in [6.45, 7) is 14.8. The molecule has 4 aromatic rings. The number of unbranched alkanes of at least 4 members (excludes halogenated alkanes) is 20. The van der Waals surface area contributed by atoms with E-state index in [0.29, 0.717) is 39.6 Å². The van der Waals surface area contributed by atoms with Gasteiger partial charge in [-0.1, -0.05) is 157 Å². The lowest BCUT2D eigenvalue weighted by Gasteiger charge is -2.24. The summed E-state index contributed by atoms with van der Waals surface area (Å²) in [6.07, 6.45) is 30.8. The van der Waals surface area contributed by atoms with Gasteiger partial charge in [0.1, 0.15) is 0 Å². The molecule has 0 amide bonds. The van der Waals surface area contributed by atoms with Gasteiger partial charge in [-0.15, -0.1) is 0 Å². The number of hydrogen-bond donors (Lipinski definition) is 0. The van der Waals surface area contributed by atoms with E-state index in [-0.39, 0.29) is 0 Å². The Morgan fingerprint density at radius 1 is 0.261 bits per heavy atom. The van der Waals surface area contributed by atoms with Crippen LogP contribution < -0.4 is 28.4 Å². The van der Waals surface area contributed by atoms with E-state index in [4.69, 9.17) is 41.7 Å². The predicted molar refractivity (Wildman–Crippen MR) is 292 cm³/mol. The van der Waals surface area contributed by atoms with Crippen LogP contribution in [0.3, 0.4) is 0 Å². The molecule has 0 unspecified atom stereocenters. The topological polar surface area (TPSA) is 83.1 Å². The second-order valence-corrected chi connectivity index (χ2v) is 22.2. The van der Waals surface area contributed by atoms with Gasteiger partial charge in [0.25, 0.3) is 0 Å². The van der Waals surface area contributed by atoms with Gasteiger partial charge in [-0.3, -0.25) is 0 Å². The van der Waals surface area contributed by atoms with Gasteiger partial charge < -0.3 is 41.7 Å². The molecule has 0 bridgehead atoms. The van der Waals surface area contributed by atoms with Gasteiger partial charge >= 0.3 is 8.80 Å². The van der Waals surface area contributed by atoms with E-state index < -0.39 is 8.80 Å². The summed E-state index contributed by atoms with van der Waals surface area (Å²) in [5, 5.41) is 6.58. The van der Waals surface area contributed by atoms with E-state index in [0.717, 1.165) is 150 Å². The number of ether oxygens (including phenoxy) is 6. The van der Waals surface area contributed by atoms with Crippen molar-refractivity contribution in [1.82, 2.24) is 0 Å². The van der Waals surface area contributed by atoms with Gasteiger partial charge in [0, 0.05) is 27.4 Å². The highest BCUT2D eigenvalue weighted by Gasteiger charge is 2.36. The first-order valence-corrected chi connectivity index (χ1v) is 29.8. The fourth-order valence-electron chi connectivity index (χ4n) is 8.98. The minimum Gasteiger partial charge on any atom is -0.490 e. The van der Waals surface area contributed by atoms with Crippen LogP contribution in [0.15, 0.2) is 36.4 Å². The quantitative estimate of drug-likeness (QED) is 0.0245. The molecule has 0 radical (unpaired) electrons. The molecule has 69 heavy (non-hydrogen) atoms. The predicted octanol–water partition coefficient (Wildman–Crippen LogP) is 17.5. The van der Waals surface area contributed by atoms with Gasteiger partial charge in [-0.05, 0) is 114 Å². The highest BCUT2D eigenvalue weighted by molar-refractivity contribution is 6.60. The lowest BCUT2D eigenvalue weighted by molar-refractivity contribution is 0.122. The summed E-state index contributed by atoms with van der Waals surface area (Å²) in [4.78, 5) is 0. The van der Waals surface area contributed by atoms with Gasteiger partial charge in [-0.2, -0.15) is 0 Å².